The van der Waals surface area contributed by atoms with Crippen molar-refractivity contribution in [2.24, 2.45) is 4.99 Å². The Kier molecular flexibility index (Phi) is 1.45. The predicted octanol–water partition coefficient (Wildman–Crippen LogP) is 0.591. The summed E-state index contributed by atoms with van der Waals surface area (Å²) in [4.78, 5) is 4.02. The van der Waals surface area contributed by atoms with Crippen LogP contribution in [0.3, 0.4) is 0 Å². The summed E-state index contributed by atoms with van der Waals surface area (Å²) in [5.74, 6) is 0. The molecule has 0 saturated carbocycles. The molecule has 0 aliphatic carbocycles. The van der Waals surface area contributed by atoms with E-state index in [4.69, 9.17) is 0 Å². The van der Waals surface area contributed by atoms with Gasteiger partial charge in [-0.2, -0.15) is 5.01 Å². The van der Waals surface area contributed by atoms with Crippen molar-refractivity contribution in [1.82, 2.24) is 10.4 Å². The molecule has 0 amide bonds. The summed E-state index contributed by atoms with van der Waals surface area (Å²) in [6.07, 6.45) is 1.73. The number of nitrogens with one attached hydrogen (secondary N) is 1. The summed E-state index contributed by atoms with van der Waals surface area (Å²) in [7, 11) is 0. The Hall–Kier alpha value is -0.570. The van der Waals surface area contributed by atoms with Crippen molar-refractivity contribution in [3.05, 3.63) is 0 Å². The molecule has 0 bridgehead atoms. The second-order valence-electron chi connectivity index (χ2n) is 3.18. The maximum absolute atomic E-state index is 4.02. The quantitative estimate of drug-likeness (QED) is 0.515. The van der Waals surface area contributed by atoms with Gasteiger partial charge in [0.25, 0.3) is 0 Å². The molecule has 1 heterocycles. The smallest absolute Gasteiger partial charge is 0.111 e. The minimum absolute atomic E-state index is 0.177. The first-order chi connectivity index (χ1) is 4.11. The summed E-state index contributed by atoms with van der Waals surface area (Å²) >= 11 is 0. The van der Waals surface area contributed by atoms with Crippen LogP contribution in [-0.2, 0) is 0 Å². The molecule has 0 saturated heterocycles. The van der Waals surface area contributed by atoms with Crippen molar-refractivity contribution < 1.29 is 0 Å². The van der Waals surface area contributed by atoms with Crippen LogP contribution in [0.5, 0.6) is 0 Å². The van der Waals surface area contributed by atoms with E-state index < -0.39 is 0 Å². The molecule has 0 aromatic heterocycles. The van der Waals surface area contributed by atoms with Crippen molar-refractivity contribution in [2.75, 3.05) is 6.67 Å². The fourth-order valence-corrected chi connectivity index (χ4v) is 0.680. The SMILES string of the molecule is CC(C)(C)N1CN=CN1. The second kappa shape index (κ2) is 1.99. The molecular weight excluding hydrogens is 114 g/mol. The van der Waals surface area contributed by atoms with Crippen LogP contribution in [0.25, 0.3) is 0 Å². The van der Waals surface area contributed by atoms with Crippen molar-refractivity contribution in [3.63, 3.8) is 0 Å². The lowest BCUT2D eigenvalue weighted by atomic mass is 10.1. The fourth-order valence-electron chi connectivity index (χ4n) is 0.680. The van der Waals surface area contributed by atoms with Crippen LogP contribution in [0.2, 0.25) is 0 Å². The molecule has 0 unspecified atom stereocenters. The van der Waals surface area contributed by atoms with Crippen LogP contribution in [0.4, 0.5) is 0 Å². The number of aliphatic imine (C=N–C) groups is 1. The van der Waals surface area contributed by atoms with Crippen LogP contribution in [0.15, 0.2) is 4.99 Å². The first kappa shape index (κ1) is 6.55. The van der Waals surface area contributed by atoms with E-state index in [1.165, 1.54) is 0 Å². The number of hydrogen-bond donors (Lipinski definition) is 1. The molecule has 1 aliphatic rings. The highest BCUT2D eigenvalue weighted by Crippen LogP contribution is 2.10. The summed E-state index contributed by atoms with van der Waals surface area (Å²) in [5, 5.41) is 2.08. The molecule has 52 valence electrons. The number of nitrogens with zero attached hydrogens (tertiary/aromatic N) is 2. The summed E-state index contributed by atoms with van der Waals surface area (Å²) in [5.41, 5.74) is 3.22. The van der Waals surface area contributed by atoms with Gasteiger partial charge in [0.2, 0.25) is 0 Å². The molecular formula is C6H13N3. The van der Waals surface area contributed by atoms with Crippen LogP contribution < -0.4 is 5.43 Å². The normalized spacial score (nSPS) is 20.3. The molecule has 3 heteroatoms. The van der Waals surface area contributed by atoms with Gasteiger partial charge in [-0.3, -0.25) is 4.99 Å². The Morgan fingerprint density at radius 2 is 2.22 bits per heavy atom. The van der Waals surface area contributed by atoms with E-state index in [-0.39, 0.29) is 5.54 Å². The standard InChI is InChI=1S/C6H13N3/c1-6(2,3)9-5-7-4-8-9/h4H,5H2,1-3H3,(H,7,8). The highest BCUT2D eigenvalue weighted by Gasteiger charge is 2.21. The van der Waals surface area contributed by atoms with Crippen molar-refractivity contribution in [2.45, 2.75) is 26.3 Å². The molecule has 1 aliphatic heterocycles. The number of hydrogen-bond acceptors (Lipinski definition) is 3. The Morgan fingerprint density at radius 1 is 1.56 bits per heavy atom. The highest BCUT2D eigenvalue weighted by atomic mass is 15.6. The average Bonchev–Trinajstić information content (AvgIpc) is 2.08. The number of rotatable bonds is 0. The third kappa shape index (κ3) is 1.42. The molecule has 0 aromatic carbocycles. The minimum atomic E-state index is 0.177. The largest absolute Gasteiger partial charge is 0.307 e. The van der Waals surface area contributed by atoms with Crippen LogP contribution >= 0.6 is 0 Å². The van der Waals surface area contributed by atoms with Gasteiger partial charge < -0.3 is 5.43 Å². The zero-order valence-electron chi connectivity index (χ0n) is 6.18. The third-order valence-corrected chi connectivity index (χ3v) is 1.34. The van der Waals surface area contributed by atoms with Gasteiger partial charge in [0, 0.05) is 5.54 Å². The molecule has 1 rings (SSSR count). The second-order valence-corrected chi connectivity index (χ2v) is 3.18. The van der Waals surface area contributed by atoms with E-state index in [1.54, 1.807) is 6.34 Å². The summed E-state index contributed by atoms with van der Waals surface area (Å²) < 4.78 is 0. The summed E-state index contributed by atoms with van der Waals surface area (Å²) in [6, 6.07) is 0. The Balaban J connectivity index is 2.46. The van der Waals surface area contributed by atoms with Gasteiger partial charge in [-0.05, 0) is 20.8 Å². The van der Waals surface area contributed by atoms with Crippen LogP contribution in [0.1, 0.15) is 20.8 Å². The van der Waals surface area contributed by atoms with Crippen molar-refractivity contribution in [1.29, 1.82) is 0 Å². The Bertz CT molecular complexity index is 115. The molecule has 9 heavy (non-hydrogen) atoms. The molecule has 3 nitrogen and oxygen atoms in total. The van der Waals surface area contributed by atoms with Crippen molar-refractivity contribution >= 4 is 6.34 Å². The maximum atomic E-state index is 4.02. The lowest BCUT2D eigenvalue weighted by Crippen LogP contribution is -2.46. The van der Waals surface area contributed by atoms with E-state index in [9.17, 15) is 0 Å². The lowest BCUT2D eigenvalue weighted by Gasteiger charge is -2.29. The van der Waals surface area contributed by atoms with Gasteiger partial charge >= 0.3 is 0 Å². The molecule has 0 radical (unpaired) electrons. The first-order valence-corrected chi connectivity index (χ1v) is 3.13. The third-order valence-electron chi connectivity index (χ3n) is 1.34. The highest BCUT2D eigenvalue weighted by molar-refractivity contribution is 5.55. The van der Waals surface area contributed by atoms with Gasteiger partial charge in [-0.1, -0.05) is 0 Å². The van der Waals surface area contributed by atoms with Gasteiger partial charge in [0.15, 0.2) is 0 Å². The Morgan fingerprint density at radius 3 is 2.44 bits per heavy atom. The van der Waals surface area contributed by atoms with E-state index in [2.05, 4.69) is 36.2 Å². The monoisotopic (exact) mass is 127 g/mol. The average molecular weight is 127 g/mol. The van der Waals surface area contributed by atoms with Gasteiger partial charge in [-0.25, -0.2) is 0 Å². The molecule has 1 N–H and O–H groups in total. The lowest BCUT2D eigenvalue weighted by molar-refractivity contribution is 0.125. The molecule has 0 aromatic rings. The predicted molar refractivity (Wildman–Crippen MR) is 38.1 cm³/mol. The fraction of sp³-hybridized carbons (Fsp3) is 0.833. The topological polar surface area (TPSA) is 27.6 Å². The first-order valence-electron chi connectivity index (χ1n) is 3.13. The summed E-state index contributed by atoms with van der Waals surface area (Å²) in [6.45, 7) is 7.21. The van der Waals surface area contributed by atoms with Gasteiger partial charge in [0.05, 0.1) is 6.34 Å². The zero-order valence-corrected chi connectivity index (χ0v) is 6.18. The maximum Gasteiger partial charge on any atom is 0.111 e. The minimum Gasteiger partial charge on any atom is -0.307 e. The van der Waals surface area contributed by atoms with E-state index in [1.807, 2.05) is 0 Å². The Labute approximate surface area is 55.7 Å². The molecule has 0 atom stereocenters. The number of hydrazine groups is 1. The van der Waals surface area contributed by atoms with E-state index >= 15 is 0 Å². The van der Waals surface area contributed by atoms with E-state index in [0.29, 0.717) is 0 Å². The van der Waals surface area contributed by atoms with Gasteiger partial charge in [-0.15, -0.1) is 0 Å². The van der Waals surface area contributed by atoms with Crippen molar-refractivity contribution in [3.8, 4) is 0 Å². The zero-order chi connectivity index (χ0) is 6.91. The van der Waals surface area contributed by atoms with Crippen LogP contribution in [-0.4, -0.2) is 23.6 Å². The molecule has 0 spiro atoms. The van der Waals surface area contributed by atoms with Gasteiger partial charge in [0.1, 0.15) is 6.67 Å². The van der Waals surface area contributed by atoms with E-state index in [0.717, 1.165) is 6.67 Å². The molecule has 0 fully saturated rings. The van der Waals surface area contributed by atoms with Crippen LogP contribution in [0, 0.1) is 0 Å².